The van der Waals surface area contributed by atoms with Crippen LogP contribution in [0.3, 0.4) is 0 Å². The third-order valence-corrected chi connectivity index (χ3v) is 4.66. The summed E-state index contributed by atoms with van der Waals surface area (Å²) in [6, 6.07) is 1.15. The van der Waals surface area contributed by atoms with Gasteiger partial charge in [0.15, 0.2) is 0 Å². The van der Waals surface area contributed by atoms with Gasteiger partial charge in [-0.25, -0.2) is 9.59 Å². The quantitative estimate of drug-likeness (QED) is 0.779. The second kappa shape index (κ2) is 7.42. The molecule has 2 amide bonds. The summed E-state index contributed by atoms with van der Waals surface area (Å²) in [5, 5.41) is 16.5. The van der Waals surface area contributed by atoms with E-state index >= 15 is 0 Å². The lowest BCUT2D eigenvalue weighted by atomic mass is 9.97. The maximum atomic E-state index is 11.8. The zero-order chi connectivity index (χ0) is 15.2. The summed E-state index contributed by atoms with van der Waals surface area (Å²) >= 11 is 1.21. The van der Waals surface area contributed by atoms with Crippen LogP contribution in [0.25, 0.3) is 0 Å². The number of carbonyl (C=O) groups excluding carboxylic acids is 1. The van der Waals surface area contributed by atoms with Crippen molar-refractivity contribution in [1.29, 1.82) is 0 Å². The first-order valence-corrected chi connectivity index (χ1v) is 8.06. The third kappa shape index (κ3) is 4.44. The number of carbonyl (C=O) groups is 2. The predicted molar refractivity (Wildman–Crippen MR) is 83.1 cm³/mol. The van der Waals surface area contributed by atoms with Crippen LogP contribution >= 0.6 is 11.3 Å². The Morgan fingerprint density at radius 1 is 1.43 bits per heavy atom. The molecular weight excluding hydrogens is 290 g/mol. The van der Waals surface area contributed by atoms with E-state index in [1.807, 2.05) is 0 Å². The van der Waals surface area contributed by atoms with E-state index in [1.54, 1.807) is 5.38 Å². The van der Waals surface area contributed by atoms with Gasteiger partial charge in [0.1, 0.15) is 5.00 Å². The van der Waals surface area contributed by atoms with E-state index in [0.717, 1.165) is 32.5 Å². The van der Waals surface area contributed by atoms with Gasteiger partial charge in [0.25, 0.3) is 0 Å². The molecule has 0 radical (unpaired) electrons. The molecular formula is C14H21N3O3S. The Morgan fingerprint density at radius 3 is 2.76 bits per heavy atom. The van der Waals surface area contributed by atoms with Gasteiger partial charge < -0.3 is 15.3 Å². The van der Waals surface area contributed by atoms with Crippen molar-refractivity contribution in [1.82, 2.24) is 10.2 Å². The van der Waals surface area contributed by atoms with E-state index in [0.29, 0.717) is 17.5 Å². The number of carboxylic acid groups (broad SMARTS) is 1. The Bertz CT molecular complexity index is 495. The smallest absolute Gasteiger partial charge is 0.338 e. The number of nitrogens with zero attached hydrogens (tertiary/aromatic N) is 1. The Labute approximate surface area is 128 Å². The van der Waals surface area contributed by atoms with Gasteiger partial charge in [0, 0.05) is 6.54 Å². The van der Waals surface area contributed by atoms with Crippen LogP contribution in [0.5, 0.6) is 0 Å². The first-order chi connectivity index (χ1) is 10.1. The molecule has 3 N–H and O–H groups in total. The van der Waals surface area contributed by atoms with Gasteiger partial charge in [-0.3, -0.25) is 5.32 Å². The molecule has 2 heterocycles. The highest BCUT2D eigenvalue weighted by atomic mass is 32.1. The number of likely N-dealkylation sites (tertiary alicyclic amines) is 1. The number of hydrogen-bond donors (Lipinski definition) is 3. The zero-order valence-corrected chi connectivity index (χ0v) is 12.9. The van der Waals surface area contributed by atoms with Crippen LogP contribution in [0.1, 0.15) is 30.1 Å². The lowest BCUT2D eigenvalue weighted by molar-refractivity contribution is 0.0698. The van der Waals surface area contributed by atoms with Gasteiger partial charge in [-0.1, -0.05) is 6.92 Å². The van der Waals surface area contributed by atoms with Crippen molar-refractivity contribution in [2.45, 2.75) is 19.8 Å². The van der Waals surface area contributed by atoms with Crippen LogP contribution in [0.4, 0.5) is 9.80 Å². The monoisotopic (exact) mass is 311 g/mol. The van der Waals surface area contributed by atoms with E-state index in [-0.39, 0.29) is 11.6 Å². The van der Waals surface area contributed by atoms with Crippen LogP contribution in [-0.4, -0.2) is 48.2 Å². The summed E-state index contributed by atoms with van der Waals surface area (Å²) in [5.41, 5.74) is 0.131. The second-order valence-electron chi connectivity index (χ2n) is 5.18. The molecule has 0 spiro atoms. The zero-order valence-electron chi connectivity index (χ0n) is 12.1. The van der Waals surface area contributed by atoms with Crippen LogP contribution < -0.4 is 10.6 Å². The van der Waals surface area contributed by atoms with E-state index in [2.05, 4.69) is 22.5 Å². The van der Waals surface area contributed by atoms with Crippen molar-refractivity contribution in [3.63, 3.8) is 0 Å². The van der Waals surface area contributed by atoms with Crippen LogP contribution in [0.15, 0.2) is 11.4 Å². The van der Waals surface area contributed by atoms with Gasteiger partial charge in [0.2, 0.25) is 0 Å². The van der Waals surface area contributed by atoms with Crippen molar-refractivity contribution in [2.75, 3.05) is 31.5 Å². The van der Waals surface area contributed by atoms with E-state index < -0.39 is 5.97 Å². The molecule has 0 saturated carbocycles. The predicted octanol–water partition coefficient (Wildman–Crippen LogP) is 2.30. The van der Waals surface area contributed by atoms with Gasteiger partial charge in [0.05, 0.1) is 5.56 Å². The van der Waals surface area contributed by atoms with Crippen molar-refractivity contribution < 1.29 is 14.7 Å². The topological polar surface area (TPSA) is 81.7 Å². The summed E-state index contributed by atoms with van der Waals surface area (Å²) in [6.07, 6.45) is 2.18. The van der Waals surface area contributed by atoms with Crippen molar-refractivity contribution in [3.8, 4) is 0 Å². The maximum absolute atomic E-state index is 11.8. The number of urea groups is 1. The van der Waals surface area contributed by atoms with Gasteiger partial charge in [-0.15, -0.1) is 11.3 Å². The van der Waals surface area contributed by atoms with Gasteiger partial charge in [-0.2, -0.15) is 0 Å². The van der Waals surface area contributed by atoms with Crippen molar-refractivity contribution in [3.05, 3.63) is 17.0 Å². The van der Waals surface area contributed by atoms with Gasteiger partial charge >= 0.3 is 12.0 Å². The molecule has 6 nitrogen and oxygen atoms in total. The number of piperidine rings is 1. The number of carboxylic acids is 1. The van der Waals surface area contributed by atoms with Crippen LogP contribution in [0.2, 0.25) is 0 Å². The highest BCUT2D eigenvalue weighted by Crippen LogP contribution is 2.23. The first-order valence-electron chi connectivity index (χ1n) is 7.18. The Balaban J connectivity index is 1.75. The van der Waals surface area contributed by atoms with Gasteiger partial charge in [-0.05, 0) is 49.8 Å². The highest BCUT2D eigenvalue weighted by molar-refractivity contribution is 7.14. The first kappa shape index (κ1) is 15.8. The lowest BCUT2D eigenvalue weighted by Crippen LogP contribution is -2.39. The fourth-order valence-corrected chi connectivity index (χ4v) is 3.24. The lowest BCUT2D eigenvalue weighted by Gasteiger charge is -2.30. The van der Waals surface area contributed by atoms with Crippen LogP contribution in [0, 0.1) is 5.92 Å². The molecule has 0 aliphatic carbocycles. The average Bonchev–Trinajstić information content (AvgIpc) is 2.94. The summed E-state index contributed by atoms with van der Waals surface area (Å²) in [4.78, 5) is 25.2. The molecule has 2 rings (SSSR count). The number of amides is 2. The molecule has 1 aromatic heterocycles. The molecule has 1 aliphatic rings. The number of anilines is 1. The molecule has 0 bridgehead atoms. The number of thiophene rings is 1. The minimum atomic E-state index is -1.03. The summed E-state index contributed by atoms with van der Waals surface area (Å²) in [6.45, 7) is 6.04. The molecule has 21 heavy (non-hydrogen) atoms. The van der Waals surface area contributed by atoms with E-state index in [9.17, 15) is 9.59 Å². The Kier molecular flexibility index (Phi) is 5.58. The molecule has 116 valence electrons. The Hall–Kier alpha value is -1.60. The highest BCUT2D eigenvalue weighted by Gasteiger charge is 2.19. The van der Waals surface area contributed by atoms with Crippen molar-refractivity contribution in [2.24, 2.45) is 5.92 Å². The largest absolute Gasteiger partial charge is 0.478 e. The Morgan fingerprint density at radius 2 is 2.14 bits per heavy atom. The second-order valence-corrected chi connectivity index (χ2v) is 6.10. The van der Waals surface area contributed by atoms with Crippen LogP contribution in [-0.2, 0) is 0 Å². The van der Waals surface area contributed by atoms with E-state index in [4.69, 9.17) is 5.11 Å². The summed E-state index contributed by atoms with van der Waals surface area (Å²) in [5.74, 6) is -0.528. The number of aromatic carboxylic acids is 1. The molecule has 0 unspecified atom stereocenters. The molecule has 0 aromatic carbocycles. The molecule has 1 saturated heterocycles. The fraction of sp³-hybridized carbons (Fsp3) is 0.571. The molecule has 1 aliphatic heterocycles. The standard InChI is InChI=1S/C14H21N3O3S/c1-2-17-6-3-10(4-7-17)9-15-14(20)16-12-11(13(18)19)5-8-21-12/h5,8,10H,2-4,6-7,9H2,1H3,(H,18,19)(H2,15,16,20). The number of nitrogens with one attached hydrogen (secondary N) is 2. The number of hydrogen-bond acceptors (Lipinski definition) is 4. The fourth-order valence-electron chi connectivity index (χ4n) is 2.47. The minimum Gasteiger partial charge on any atom is -0.478 e. The molecule has 1 fully saturated rings. The van der Waals surface area contributed by atoms with E-state index in [1.165, 1.54) is 17.4 Å². The summed E-state index contributed by atoms with van der Waals surface area (Å²) in [7, 11) is 0. The van der Waals surface area contributed by atoms with Crippen molar-refractivity contribution >= 4 is 28.3 Å². The molecule has 1 aromatic rings. The third-order valence-electron chi connectivity index (χ3n) is 3.83. The molecule has 7 heteroatoms. The normalized spacial score (nSPS) is 16.6. The summed E-state index contributed by atoms with van der Waals surface area (Å²) < 4.78 is 0. The number of rotatable bonds is 5. The minimum absolute atomic E-state index is 0.131. The average molecular weight is 311 g/mol. The maximum Gasteiger partial charge on any atom is 0.338 e. The SMILES string of the molecule is CCN1CCC(CNC(=O)Nc2sccc2C(=O)O)CC1. The molecule has 0 atom stereocenters.